The molecular formula is C13H19FN2O2. The number of aromatic hydroxyl groups is 1. The molecule has 1 aliphatic rings. The average molecular weight is 254 g/mol. The van der Waals surface area contributed by atoms with Gasteiger partial charge in [-0.1, -0.05) is 6.07 Å². The van der Waals surface area contributed by atoms with Crippen LogP contribution < -0.4 is 5.32 Å². The Labute approximate surface area is 106 Å². The summed E-state index contributed by atoms with van der Waals surface area (Å²) < 4.78 is 18.8. The summed E-state index contributed by atoms with van der Waals surface area (Å²) in [7, 11) is 1.97. The molecule has 1 aromatic rings. The summed E-state index contributed by atoms with van der Waals surface area (Å²) in [6.45, 7) is 3.94. The molecule has 0 saturated carbocycles. The van der Waals surface area contributed by atoms with Gasteiger partial charge in [-0.15, -0.1) is 0 Å². The fourth-order valence-electron chi connectivity index (χ4n) is 2.11. The summed E-state index contributed by atoms with van der Waals surface area (Å²) >= 11 is 0. The number of morpholine rings is 1. The van der Waals surface area contributed by atoms with Crippen LogP contribution in [0.2, 0.25) is 0 Å². The summed E-state index contributed by atoms with van der Waals surface area (Å²) in [5.74, 6) is -0.877. The Kier molecular flexibility index (Phi) is 4.52. The monoisotopic (exact) mass is 254 g/mol. The number of hydrogen-bond donors (Lipinski definition) is 2. The van der Waals surface area contributed by atoms with Gasteiger partial charge in [-0.25, -0.2) is 4.39 Å². The van der Waals surface area contributed by atoms with Crippen LogP contribution in [-0.2, 0) is 11.3 Å². The minimum Gasteiger partial charge on any atom is -0.505 e. The Morgan fingerprint density at radius 3 is 3.06 bits per heavy atom. The number of phenolic OH excluding ortho intramolecular Hbond substituents is 1. The third kappa shape index (κ3) is 3.66. The van der Waals surface area contributed by atoms with Crippen LogP contribution in [-0.4, -0.2) is 49.4 Å². The SMILES string of the molecule is CN(Cc1ccc(O)c(F)c1)CC1CNCCO1. The van der Waals surface area contributed by atoms with Gasteiger partial charge in [0.05, 0.1) is 12.7 Å². The molecule has 1 aliphatic heterocycles. The molecule has 1 fully saturated rings. The van der Waals surface area contributed by atoms with E-state index in [2.05, 4.69) is 10.2 Å². The Balaban J connectivity index is 1.85. The Bertz CT molecular complexity index is 395. The maximum absolute atomic E-state index is 13.2. The lowest BCUT2D eigenvalue weighted by Crippen LogP contribution is -2.44. The van der Waals surface area contributed by atoms with Crippen LogP contribution in [0.4, 0.5) is 4.39 Å². The van der Waals surface area contributed by atoms with Gasteiger partial charge in [-0.2, -0.15) is 0 Å². The first kappa shape index (κ1) is 13.3. The lowest BCUT2D eigenvalue weighted by Gasteiger charge is -2.28. The van der Waals surface area contributed by atoms with Crippen LogP contribution in [0, 0.1) is 5.82 Å². The predicted octanol–water partition coefficient (Wildman–Crippen LogP) is 0.952. The van der Waals surface area contributed by atoms with E-state index in [9.17, 15) is 4.39 Å². The maximum atomic E-state index is 13.2. The summed E-state index contributed by atoms with van der Waals surface area (Å²) in [4.78, 5) is 2.09. The second-order valence-electron chi connectivity index (χ2n) is 4.68. The third-order valence-corrected chi connectivity index (χ3v) is 2.98. The fourth-order valence-corrected chi connectivity index (χ4v) is 2.11. The highest BCUT2D eigenvalue weighted by atomic mass is 19.1. The van der Waals surface area contributed by atoms with Crippen molar-refractivity contribution in [1.29, 1.82) is 0 Å². The van der Waals surface area contributed by atoms with Crippen molar-refractivity contribution in [3.05, 3.63) is 29.6 Å². The van der Waals surface area contributed by atoms with Gasteiger partial charge in [-0.05, 0) is 24.7 Å². The molecule has 4 nitrogen and oxygen atoms in total. The minimum atomic E-state index is -0.573. The lowest BCUT2D eigenvalue weighted by atomic mass is 10.2. The van der Waals surface area contributed by atoms with Gasteiger partial charge in [0, 0.05) is 26.2 Å². The van der Waals surface area contributed by atoms with Gasteiger partial charge in [-0.3, -0.25) is 4.90 Å². The molecule has 1 unspecified atom stereocenters. The number of nitrogens with one attached hydrogen (secondary N) is 1. The zero-order chi connectivity index (χ0) is 13.0. The van der Waals surface area contributed by atoms with Crippen LogP contribution in [0.3, 0.4) is 0 Å². The molecule has 100 valence electrons. The molecule has 1 atom stereocenters. The predicted molar refractivity (Wildman–Crippen MR) is 67.0 cm³/mol. The van der Waals surface area contributed by atoms with Crippen molar-refractivity contribution >= 4 is 0 Å². The average Bonchev–Trinajstić information content (AvgIpc) is 2.35. The minimum absolute atomic E-state index is 0.186. The first-order valence-corrected chi connectivity index (χ1v) is 6.13. The van der Waals surface area contributed by atoms with Gasteiger partial charge in [0.15, 0.2) is 11.6 Å². The van der Waals surface area contributed by atoms with Crippen molar-refractivity contribution in [2.24, 2.45) is 0 Å². The molecule has 2 N–H and O–H groups in total. The summed E-state index contributed by atoms with van der Waals surface area (Å²) in [5.41, 5.74) is 0.844. The molecule has 2 rings (SSSR count). The summed E-state index contributed by atoms with van der Waals surface area (Å²) in [6.07, 6.45) is 0.186. The number of rotatable bonds is 4. The molecule has 0 aliphatic carbocycles. The molecule has 0 bridgehead atoms. The number of hydrogen-bond acceptors (Lipinski definition) is 4. The largest absolute Gasteiger partial charge is 0.505 e. The van der Waals surface area contributed by atoms with Crippen LogP contribution >= 0.6 is 0 Å². The van der Waals surface area contributed by atoms with Crippen LogP contribution in [0.5, 0.6) is 5.75 Å². The van der Waals surface area contributed by atoms with Crippen molar-refractivity contribution in [1.82, 2.24) is 10.2 Å². The van der Waals surface area contributed by atoms with E-state index in [0.29, 0.717) is 6.54 Å². The fraction of sp³-hybridized carbons (Fsp3) is 0.538. The number of benzene rings is 1. The number of halogens is 1. The van der Waals surface area contributed by atoms with Gasteiger partial charge in [0.2, 0.25) is 0 Å². The van der Waals surface area contributed by atoms with Crippen molar-refractivity contribution in [3.63, 3.8) is 0 Å². The molecule has 5 heteroatoms. The molecule has 1 aromatic carbocycles. The highest BCUT2D eigenvalue weighted by molar-refractivity contribution is 5.27. The topological polar surface area (TPSA) is 44.7 Å². The van der Waals surface area contributed by atoms with Crippen molar-refractivity contribution in [3.8, 4) is 5.75 Å². The van der Waals surface area contributed by atoms with E-state index < -0.39 is 5.82 Å². The van der Waals surface area contributed by atoms with Crippen molar-refractivity contribution < 1.29 is 14.2 Å². The van der Waals surface area contributed by atoms with E-state index >= 15 is 0 Å². The van der Waals surface area contributed by atoms with E-state index in [4.69, 9.17) is 9.84 Å². The number of ether oxygens (including phenoxy) is 1. The Hall–Kier alpha value is -1.17. The normalized spacial score (nSPS) is 20.3. The molecule has 18 heavy (non-hydrogen) atoms. The van der Waals surface area contributed by atoms with Gasteiger partial charge in [0.25, 0.3) is 0 Å². The van der Waals surface area contributed by atoms with Gasteiger partial charge < -0.3 is 15.2 Å². The van der Waals surface area contributed by atoms with Crippen molar-refractivity contribution in [2.45, 2.75) is 12.6 Å². The third-order valence-electron chi connectivity index (χ3n) is 2.98. The Morgan fingerprint density at radius 1 is 1.56 bits per heavy atom. The van der Waals surface area contributed by atoms with E-state index in [-0.39, 0.29) is 11.9 Å². The van der Waals surface area contributed by atoms with E-state index in [1.54, 1.807) is 6.07 Å². The Morgan fingerprint density at radius 2 is 2.39 bits per heavy atom. The second kappa shape index (κ2) is 6.13. The zero-order valence-corrected chi connectivity index (χ0v) is 10.5. The van der Waals surface area contributed by atoms with Crippen LogP contribution in [0.1, 0.15) is 5.56 Å². The van der Waals surface area contributed by atoms with Gasteiger partial charge in [0.1, 0.15) is 0 Å². The smallest absolute Gasteiger partial charge is 0.165 e. The zero-order valence-electron chi connectivity index (χ0n) is 10.5. The molecule has 0 aromatic heterocycles. The molecule has 1 saturated heterocycles. The first-order valence-electron chi connectivity index (χ1n) is 6.13. The van der Waals surface area contributed by atoms with Crippen LogP contribution in [0.15, 0.2) is 18.2 Å². The quantitative estimate of drug-likeness (QED) is 0.840. The van der Waals surface area contributed by atoms with Crippen LogP contribution in [0.25, 0.3) is 0 Å². The van der Waals surface area contributed by atoms with E-state index in [1.807, 2.05) is 7.05 Å². The number of nitrogens with zero attached hydrogens (tertiary/aromatic N) is 1. The molecule has 1 heterocycles. The highest BCUT2D eigenvalue weighted by Gasteiger charge is 2.15. The van der Waals surface area contributed by atoms with E-state index in [0.717, 1.165) is 31.8 Å². The highest BCUT2D eigenvalue weighted by Crippen LogP contribution is 2.17. The maximum Gasteiger partial charge on any atom is 0.165 e. The molecule has 0 radical (unpaired) electrons. The lowest BCUT2D eigenvalue weighted by molar-refractivity contribution is 0.00883. The summed E-state index contributed by atoms with van der Waals surface area (Å²) in [6, 6.07) is 4.48. The standard InChI is InChI=1S/C13H19FN2O2/c1-16(9-11-7-15-4-5-18-11)8-10-2-3-13(17)12(14)6-10/h2-3,6,11,15,17H,4-5,7-9H2,1H3. The molecular weight excluding hydrogens is 235 g/mol. The number of likely N-dealkylation sites (N-methyl/N-ethyl adjacent to an activating group) is 1. The van der Waals surface area contributed by atoms with E-state index in [1.165, 1.54) is 12.1 Å². The summed E-state index contributed by atoms with van der Waals surface area (Å²) in [5, 5.41) is 12.4. The van der Waals surface area contributed by atoms with Crippen molar-refractivity contribution in [2.75, 3.05) is 33.3 Å². The molecule has 0 amide bonds. The second-order valence-corrected chi connectivity index (χ2v) is 4.68. The first-order chi connectivity index (χ1) is 8.65. The number of phenols is 1. The molecule has 0 spiro atoms. The van der Waals surface area contributed by atoms with Gasteiger partial charge >= 0.3 is 0 Å².